The first-order valence-electron chi connectivity index (χ1n) is 5.91. The Morgan fingerprint density at radius 1 is 1.17 bits per heavy atom. The number of hydrogen-bond donors (Lipinski definition) is 1. The molecule has 0 unspecified atom stereocenters. The zero-order chi connectivity index (χ0) is 13.0. The van der Waals surface area contributed by atoms with Gasteiger partial charge in [-0.2, -0.15) is 0 Å². The minimum absolute atomic E-state index is 0.139. The van der Waals surface area contributed by atoms with E-state index in [2.05, 4.69) is 16.4 Å². The van der Waals surface area contributed by atoms with Crippen LogP contribution in [-0.2, 0) is 6.54 Å². The van der Waals surface area contributed by atoms with Crippen molar-refractivity contribution in [1.82, 2.24) is 10.3 Å². The Labute approximate surface area is 107 Å². The molecule has 1 aromatic heterocycles. The molecule has 0 bridgehead atoms. The summed E-state index contributed by atoms with van der Waals surface area (Å²) in [6.45, 7) is 4.50. The largest absolute Gasteiger partial charge is 0.347 e. The van der Waals surface area contributed by atoms with Crippen LogP contribution in [0.1, 0.15) is 27.2 Å². The highest BCUT2D eigenvalue weighted by Gasteiger charge is 2.06. The minimum atomic E-state index is -0.139. The lowest BCUT2D eigenvalue weighted by Crippen LogP contribution is -2.23. The third-order valence-corrected chi connectivity index (χ3v) is 2.68. The molecule has 0 radical (unpaired) electrons. The molecule has 0 saturated carbocycles. The summed E-state index contributed by atoms with van der Waals surface area (Å²) >= 11 is 0. The first-order chi connectivity index (χ1) is 8.65. The molecule has 1 N–H and O–H groups in total. The summed E-state index contributed by atoms with van der Waals surface area (Å²) in [4.78, 5) is 15.9. The van der Waals surface area contributed by atoms with Gasteiger partial charge < -0.3 is 5.32 Å². The number of carbonyl (C=O) groups is 1. The van der Waals surface area contributed by atoms with Crippen LogP contribution in [0.4, 0.5) is 0 Å². The Hall–Kier alpha value is -2.16. The van der Waals surface area contributed by atoms with Crippen LogP contribution < -0.4 is 5.32 Å². The van der Waals surface area contributed by atoms with Gasteiger partial charge in [0.1, 0.15) is 5.69 Å². The van der Waals surface area contributed by atoms with Gasteiger partial charge in [-0.3, -0.25) is 9.78 Å². The highest BCUT2D eigenvalue weighted by molar-refractivity contribution is 5.92. The number of aromatic nitrogens is 1. The molecule has 3 nitrogen and oxygen atoms in total. The molecule has 1 amide bonds. The zero-order valence-electron chi connectivity index (χ0n) is 10.6. The minimum Gasteiger partial charge on any atom is -0.347 e. The average molecular weight is 240 g/mol. The second-order valence-electron chi connectivity index (χ2n) is 4.39. The Morgan fingerprint density at radius 2 is 1.94 bits per heavy atom. The molecule has 1 heterocycles. The summed E-state index contributed by atoms with van der Waals surface area (Å²) in [5.74, 6) is -0.139. The van der Waals surface area contributed by atoms with Gasteiger partial charge in [0.25, 0.3) is 5.91 Å². The van der Waals surface area contributed by atoms with Crippen LogP contribution >= 0.6 is 0 Å². The molecule has 0 spiro atoms. The quantitative estimate of drug-likeness (QED) is 0.896. The molecular formula is C15H16N2O. The Morgan fingerprint density at radius 3 is 2.67 bits per heavy atom. The first-order valence-corrected chi connectivity index (χ1v) is 5.91. The molecule has 3 heteroatoms. The van der Waals surface area contributed by atoms with E-state index in [1.54, 1.807) is 12.3 Å². The lowest BCUT2D eigenvalue weighted by atomic mass is 10.1. The Kier molecular flexibility index (Phi) is 3.72. The van der Waals surface area contributed by atoms with E-state index in [4.69, 9.17) is 0 Å². The fourth-order valence-electron chi connectivity index (χ4n) is 1.76. The SMILES string of the molecule is Cc1cccc(CNC(=O)c2cc(C)ccn2)c1. The van der Waals surface area contributed by atoms with E-state index < -0.39 is 0 Å². The zero-order valence-corrected chi connectivity index (χ0v) is 10.6. The number of amides is 1. The van der Waals surface area contributed by atoms with Crippen molar-refractivity contribution < 1.29 is 4.79 Å². The molecule has 2 rings (SSSR count). The van der Waals surface area contributed by atoms with E-state index >= 15 is 0 Å². The van der Waals surface area contributed by atoms with E-state index in [1.165, 1.54) is 5.56 Å². The number of hydrogen-bond acceptors (Lipinski definition) is 2. The maximum atomic E-state index is 11.9. The van der Waals surface area contributed by atoms with Gasteiger partial charge in [0, 0.05) is 12.7 Å². The number of pyridine rings is 1. The van der Waals surface area contributed by atoms with Crippen molar-refractivity contribution in [3.8, 4) is 0 Å². The summed E-state index contributed by atoms with van der Waals surface area (Å²) in [6.07, 6.45) is 1.65. The van der Waals surface area contributed by atoms with Gasteiger partial charge in [0.05, 0.1) is 0 Å². The van der Waals surface area contributed by atoms with Crippen molar-refractivity contribution >= 4 is 5.91 Å². The van der Waals surface area contributed by atoms with Crippen molar-refractivity contribution in [3.63, 3.8) is 0 Å². The molecule has 0 aliphatic heterocycles. The lowest BCUT2D eigenvalue weighted by Gasteiger charge is -2.06. The highest BCUT2D eigenvalue weighted by Crippen LogP contribution is 2.04. The molecule has 2 aromatic rings. The van der Waals surface area contributed by atoms with Crippen LogP contribution in [0.25, 0.3) is 0 Å². The van der Waals surface area contributed by atoms with Crippen molar-refractivity contribution in [2.75, 3.05) is 0 Å². The fraction of sp³-hybridized carbons (Fsp3) is 0.200. The molecular weight excluding hydrogens is 224 g/mol. The Balaban J connectivity index is 2.00. The molecule has 1 aromatic carbocycles. The fourth-order valence-corrected chi connectivity index (χ4v) is 1.76. The maximum Gasteiger partial charge on any atom is 0.270 e. The number of aryl methyl sites for hydroxylation is 2. The topological polar surface area (TPSA) is 42.0 Å². The smallest absolute Gasteiger partial charge is 0.270 e. The van der Waals surface area contributed by atoms with E-state index in [0.717, 1.165) is 11.1 Å². The molecule has 0 aliphatic rings. The summed E-state index contributed by atoms with van der Waals surface area (Å²) in [5, 5.41) is 2.87. The molecule has 0 atom stereocenters. The summed E-state index contributed by atoms with van der Waals surface area (Å²) < 4.78 is 0. The van der Waals surface area contributed by atoms with Gasteiger partial charge in [0.15, 0.2) is 0 Å². The summed E-state index contributed by atoms with van der Waals surface area (Å²) in [7, 11) is 0. The Bertz CT molecular complexity index is 564. The summed E-state index contributed by atoms with van der Waals surface area (Å²) in [5.41, 5.74) is 3.78. The summed E-state index contributed by atoms with van der Waals surface area (Å²) in [6, 6.07) is 11.7. The molecule has 18 heavy (non-hydrogen) atoms. The highest BCUT2D eigenvalue weighted by atomic mass is 16.1. The van der Waals surface area contributed by atoms with Gasteiger partial charge in [-0.25, -0.2) is 0 Å². The van der Waals surface area contributed by atoms with Crippen molar-refractivity contribution in [1.29, 1.82) is 0 Å². The predicted octanol–water partition coefficient (Wildman–Crippen LogP) is 2.63. The van der Waals surface area contributed by atoms with E-state index in [0.29, 0.717) is 12.2 Å². The lowest BCUT2D eigenvalue weighted by molar-refractivity contribution is 0.0946. The number of carbonyl (C=O) groups excluding carboxylic acids is 1. The molecule has 0 fully saturated rings. The van der Waals surface area contributed by atoms with Crippen LogP contribution in [-0.4, -0.2) is 10.9 Å². The predicted molar refractivity (Wildman–Crippen MR) is 71.3 cm³/mol. The van der Waals surface area contributed by atoms with Crippen LogP contribution in [0.5, 0.6) is 0 Å². The normalized spacial score (nSPS) is 10.1. The van der Waals surface area contributed by atoms with Gasteiger partial charge in [0.2, 0.25) is 0 Å². The van der Waals surface area contributed by atoms with Crippen LogP contribution in [0.3, 0.4) is 0 Å². The van der Waals surface area contributed by atoms with Crippen molar-refractivity contribution in [2.24, 2.45) is 0 Å². The second-order valence-corrected chi connectivity index (χ2v) is 4.39. The molecule has 0 saturated heterocycles. The standard InChI is InChI=1S/C15H16N2O/c1-11-4-3-5-13(8-11)10-17-15(18)14-9-12(2)6-7-16-14/h3-9H,10H2,1-2H3,(H,17,18). The number of rotatable bonds is 3. The van der Waals surface area contributed by atoms with Crippen LogP contribution in [0.15, 0.2) is 42.6 Å². The van der Waals surface area contributed by atoms with Crippen molar-refractivity contribution in [2.45, 2.75) is 20.4 Å². The average Bonchev–Trinajstić information content (AvgIpc) is 2.36. The van der Waals surface area contributed by atoms with Gasteiger partial charge in [-0.1, -0.05) is 29.8 Å². The van der Waals surface area contributed by atoms with Crippen molar-refractivity contribution in [3.05, 3.63) is 65.0 Å². The van der Waals surface area contributed by atoms with Crippen LogP contribution in [0.2, 0.25) is 0 Å². The van der Waals surface area contributed by atoms with E-state index in [-0.39, 0.29) is 5.91 Å². The van der Waals surface area contributed by atoms with Gasteiger partial charge in [-0.15, -0.1) is 0 Å². The second kappa shape index (κ2) is 5.45. The third kappa shape index (κ3) is 3.17. The number of nitrogens with zero attached hydrogens (tertiary/aromatic N) is 1. The maximum absolute atomic E-state index is 11.9. The first kappa shape index (κ1) is 12.3. The van der Waals surface area contributed by atoms with E-state index in [1.807, 2.05) is 38.1 Å². The van der Waals surface area contributed by atoms with Crippen LogP contribution in [0, 0.1) is 13.8 Å². The van der Waals surface area contributed by atoms with Gasteiger partial charge in [-0.05, 0) is 37.1 Å². The van der Waals surface area contributed by atoms with Gasteiger partial charge >= 0.3 is 0 Å². The monoisotopic (exact) mass is 240 g/mol. The number of nitrogens with one attached hydrogen (secondary N) is 1. The third-order valence-electron chi connectivity index (χ3n) is 2.68. The number of benzene rings is 1. The molecule has 0 aliphatic carbocycles. The van der Waals surface area contributed by atoms with E-state index in [9.17, 15) is 4.79 Å². The molecule has 92 valence electrons.